The van der Waals surface area contributed by atoms with Crippen molar-refractivity contribution in [3.05, 3.63) is 35.7 Å². The van der Waals surface area contributed by atoms with Crippen molar-refractivity contribution >= 4 is 5.97 Å². The number of nitrogens with zero attached hydrogens (tertiary/aromatic N) is 2. The van der Waals surface area contributed by atoms with Gasteiger partial charge in [-0.05, 0) is 25.0 Å². The maximum Gasteiger partial charge on any atom is 0.335 e. The maximum atomic E-state index is 10.8. The molecular formula is C16H20N2O3. The standard InChI is InChI=1S/C16H20N2O3/c1-3-5-6-11(4-2)15-17-14(18-21-15)12-7-9-13(10-8-12)16(19)20/h7-11H,3-6H2,1-2H3,(H,19,20). The largest absolute Gasteiger partial charge is 0.478 e. The molecule has 1 unspecified atom stereocenters. The van der Waals surface area contributed by atoms with E-state index in [1.54, 1.807) is 24.3 Å². The first-order chi connectivity index (χ1) is 10.2. The molecule has 1 heterocycles. The zero-order valence-electron chi connectivity index (χ0n) is 12.4. The second kappa shape index (κ2) is 7.02. The highest BCUT2D eigenvalue weighted by molar-refractivity contribution is 5.88. The lowest BCUT2D eigenvalue weighted by Gasteiger charge is -2.08. The smallest absolute Gasteiger partial charge is 0.335 e. The second-order valence-corrected chi connectivity index (χ2v) is 5.09. The van der Waals surface area contributed by atoms with Gasteiger partial charge in [0, 0.05) is 11.5 Å². The maximum absolute atomic E-state index is 10.8. The lowest BCUT2D eigenvalue weighted by Crippen LogP contribution is -1.98. The number of unbranched alkanes of at least 4 members (excludes halogenated alkanes) is 1. The number of carbonyl (C=O) groups is 1. The van der Waals surface area contributed by atoms with E-state index in [-0.39, 0.29) is 5.56 Å². The summed E-state index contributed by atoms with van der Waals surface area (Å²) in [6.07, 6.45) is 4.31. The molecule has 0 aliphatic rings. The first-order valence-electron chi connectivity index (χ1n) is 7.33. The van der Waals surface area contributed by atoms with Gasteiger partial charge in [0.2, 0.25) is 11.7 Å². The second-order valence-electron chi connectivity index (χ2n) is 5.09. The summed E-state index contributed by atoms with van der Waals surface area (Å²) in [6, 6.07) is 6.49. The van der Waals surface area contributed by atoms with Gasteiger partial charge >= 0.3 is 5.97 Å². The molecule has 2 aromatic rings. The molecule has 0 amide bonds. The molecule has 1 N–H and O–H groups in total. The summed E-state index contributed by atoms with van der Waals surface area (Å²) >= 11 is 0. The first kappa shape index (κ1) is 15.2. The minimum Gasteiger partial charge on any atom is -0.478 e. The predicted molar refractivity (Wildman–Crippen MR) is 79.3 cm³/mol. The Morgan fingerprint density at radius 2 is 2.00 bits per heavy atom. The van der Waals surface area contributed by atoms with E-state index in [0.717, 1.165) is 31.2 Å². The van der Waals surface area contributed by atoms with Crippen LogP contribution >= 0.6 is 0 Å². The van der Waals surface area contributed by atoms with Crippen molar-refractivity contribution in [2.24, 2.45) is 0 Å². The normalized spacial score (nSPS) is 12.3. The number of aromatic carboxylic acids is 1. The van der Waals surface area contributed by atoms with E-state index in [9.17, 15) is 4.79 Å². The van der Waals surface area contributed by atoms with Crippen molar-refractivity contribution < 1.29 is 14.4 Å². The Morgan fingerprint density at radius 3 is 2.57 bits per heavy atom. The Labute approximate surface area is 124 Å². The van der Waals surface area contributed by atoms with E-state index in [1.165, 1.54) is 0 Å². The van der Waals surface area contributed by atoms with Gasteiger partial charge in [0.05, 0.1) is 5.56 Å². The molecule has 0 saturated carbocycles. The van der Waals surface area contributed by atoms with E-state index in [4.69, 9.17) is 9.63 Å². The van der Waals surface area contributed by atoms with Crippen LogP contribution in [0, 0.1) is 0 Å². The molecule has 0 radical (unpaired) electrons. The molecule has 0 bridgehead atoms. The molecule has 0 aliphatic heterocycles. The van der Waals surface area contributed by atoms with Crippen LogP contribution in [-0.2, 0) is 0 Å². The fourth-order valence-corrected chi connectivity index (χ4v) is 2.23. The van der Waals surface area contributed by atoms with Crippen LogP contribution < -0.4 is 0 Å². The van der Waals surface area contributed by atoms with Crippen LogP contribution in [0.2, 0.25) is 0 Å². The van der Waals surface area contributed by atoms with Crippen molar-refractivity contribution in [3.63, 3.8) is 0 Å². The van der Waals surface area contributed by atoms with Gasteiger partial charge in [-0.3, -0.25) is 0 Å². The van der Waals surface area contributed by atoms with Gasteiger partial charge in [-0.2, -0.15) is 4.98 Å². The number of carboxylic acid groups (broad SMARTS) is 1. The number of rotatable bonds is 7. The Bertz CT molecular complexity index is 590. The summed E-state index contributed by atoms with van der Waals surface area (Å²) in [7, 11) is 0. The summed E-state index contributed by atoms with van der Waals surface area (Å²) in [5.74, 6) is 0.533. The lowest BCUT2D eigenvalue weighted by molar-refractivity contribution is 0.0697. The van der Waals surface area contributed by atoms with Gasteiger partial charge in [0.25, 0.3) is 0 Å². The Kier molecular flexibility index (Phi) is 5.09. The van der Waals surface area contributed by atoms with Crippen LogP contribution in [0.1, 0.15) is 61.7 Å². The highest BCUT2D eigenvalue weighted by atomic mass is 16.5. The molecule has 0 saturated heterocycles. The third-order valence-electron chi connectivity index (χ3n) is 3.58. The Hall–Kier alpha value is -2.17. The summed E-state index contributed by atoms with van der Waals surface area (Å²) in [5, 5.41) is 12.9. The van der Waals surface area contributed by atoms with E-state index in [0.29, 0.717) is 17.6 Å². The van der Waals surface area contributed by atoms with Crippen LogP contribution in [0.25, 0.3) is 11.4 Å². The molecule has 112 valence electrons. The fourth-order valence-electron chi connectivity index (χ4n) is 2.23. The van der Waals surface area contributed by atoms with Crippen molar-refractivity contribution in [3.8, 4) is 11.4 Å². The average Bonchev–Trinajstić information content (AvgIpc) is 2.98. The highest BCUT2D eigenvalue weighted by Gasteiger charge is 2.17. The van der Waals surface area contributed by atoms with E-state index >= 15 is 0 Å². The molecule has 2 rings (SSSR count). The van der Waals surface area contributed by atoms with Gasteiger partial charge in [0.15, 0.2) is 0 Å². The minimum atomic E-state index is -0.944. The highest BCUT2D eigenvalue weighted by Crippen LogP contribution is 2.26. The van der Waals surface area contributed by atoms with Crippen LogP contribution in [0.4, 0.5) is 0 Å². The van der Waals surface area contributed by atoms with E-state index in [2.05, 4.69) is 24.0 Å². The van der Waals surface area contributed by atoms with Gasteiger partial charge in [-0.15, -0.1) is 0 Å². The predicted octanol–water partition coefficient (Wildman–Crippen LogP) is 4.12. The van der Waals surface area contributed by atoms with Crippen LogP contribution in [-0.4, -0.2) is 21.2 Å². The molecule has 1 aromatic carbocycles. The zero-order valence-corrected chi connectivity index (χ0v) is 12.4. The number of carboxylic acids is 1. The third-order valence-corrected chi connectivity index (χ3v) is 3.58. The molecule has 1 aromatic heterocycles. The van der Waals surface area contributed by atoms with Crippen molar-refractivity contribution in [2.45, 2.75) is 45.4 Å². The fraction of sp³-hybridized carbons (Fsp3) is 0.438. The van der Waals surface area contributed by atoms with Gasteiger partial charge in [-0.1, -0.05) is 44.0 Å². The number of hydrogen-bond acceptors (Lipinski definition) is 4. The SMILES string of the molecule is CCCCC(CC)c1nc(-c2ccc(C(=O)O)cc2)no1. The Balaban J connectivity index is 2.16. The summed E-state index contributed by atoms with van der Waals surface area (Å²) in [4.78, 5) is 15.3. The van der Waals surface area contributed by atoms with E-state index in [1.807, 2.05) is 0 Å². The summed E-state index contributed by atoms with van der Waals surface area (Å²) in [5.41, 5.74) is 1.01. The van der Waals surface area contributed by atoms with Crippen molar-refractivity contribution in [2.75, 3.05) is 0 Å². The molecule has 5 nitrogen and oxygen atoms in total. The molecular weight excluding hydrogens is 268 g/mol. The third kappa shape index (κ3) is 3.68. The first-order valence-corrected chi connectivity index (χ1v) is 7.33. The van der Waals surface area contributed by atoms with Crippen molar-refractivity contribution in [1.82, 2.24) is 10.1 Å². The molecule has 21 heavy (non-hydrogen) atoms. The van der Waals surface area contributed by atoms with Gasteiger partial charge in [-0.25, -0.2) is 4.79 Å². The van der Waals surface area contributed by atoms with Crippen LogP contribution in [0.5, 0.6) is 0 Å². The topological polar surface area (TPSA) is 76.2 Å². The number of benzene rings is 1. The molecule has 1 atom stereocenters. The molecule has 0 fully saturated rings. The summed E-state index contributed by atoms with van der Waals surface area (Å²) < 4.78 is 5.37. The van der Waals surface area contributed by atoms with Crippen LogP contribution in [0.3, 0.4) is 0 Å². The zero-order chi connectivity index (χ0) is 15.2. The average molecular weight is 288 g/mol. The number of hydrogen-bond donors (Lipinski definition) is 1. The molecule has 5 heteroatoms. The quantitative estimate of drug-likeness (QED) is 0.829. The molecule has 0 spiro atoms. The lowest BCUT2D eigenvalue weighted by atomic mass is 9.99. The van der Waals surface area contributed by atoms with E-state index < -0.39 is 5.97 Å². The van der Waals surface area contributed by atoms with Gasteiger partial charge < -0.3 is 9.63 Å². The van der Waals surface area contributed by atoms with Crippen LogP contribution in [0.15, 0.2) is 28.8 Å². The molecule has 0 aliphatic carbocycles. The number of aromatic nitrogens is 2. The summed E-state index contributed by atoms with van der Waals surface area (Å²) in [6.45, 7) is 4.28. The monoisotopic (exact) mass is 288 g/mol. The van der Waals surface area contributed by atoms with Gasteiger partial charge in [0.1, 0.15) is 0 Å². The minimum absolute atomic E-state index is 0.247. The van der Waals surface area contributed by atoms with Crippen molar-refractivity contribution in [1.29, 1.82) is 0 Å². The Morgan fingerprint density at radius 1 is 1.29 bits per heavy atom.